The molecule has 2 rings (SSSR count). The lowest BCUT2D eigenvalue weighted by Crippen LogP contribution is -2.52. The molecule has 0 saturated heterocycles. The molecule has 0 amide bonds. The summed E-state index contributed by atoms with van der Waals surface area (Å²) in [7, 11) is 2.24. The molecule has 0 heterocycles. The van der Waals surface area contributed by atoms with Crippen molar-refractivity contribution in [2.45, 2.75) is 44.6 Å². The summed E-state index contributed by atoms with van der Waals surface area (Å²) in [4.78, 5) is 2.49. The van der Waals surface area contributed by atoms with E-state index in [1.165, 1.54) is 37.8 Å². The summed E-state index contributed by atoms with van der Waals surface area (Å²) in [6.45, 7) is 4.18. The van der Waals surface area contributed by atoms with Crippen molar-refractivity contribution in [1.82, 2.24) is 4.90 Å². The molecule has 2 N–H and O–H groups in total. The van der Waals surface area contributed by atoms with Crippen LogP contribution in [0.5, 0.6) is 0 Å². The number of benzene rings is 1. The van der Waals surface area contributed by atoms with E-state index in [1.807, 2.05) is 0 Å². The molecule has 0 spiro atoms. The average molecular weight is 339 g/mol. The highest BCUT2D eigenvalue weighted by atomic mass is 79.9. The van der Waals surface area contributed by atoms with Crippen molar-refractivity contribution in [2.75, 3.05) is 20.1 Å². The summed E-state index contributed by atoms with van der Waals surface area (Å²) in [6, 6.07) is 8.62. The van der Waals surface area contributed by atoms with Crippen molar-refractivity contribution in [1.29, 1.82) is 0 Å². The fraction of sp³-hybridized carbons (Fsp3) is 0.647. The molecule has 1 saturated carbocycles. The topological polar surface area (TPSA) is 29.3 Å². The molecule has 1 aromatic rings. The maximum absolute atomic E-state index is 6.11. The fourth-order valence-corrected chi connectivity index (χ4v) is 3.47. The van der Waals surface area contributed by atoms with E-state index in [0.717, 1.165) is 16.8 Å². The van der Waals surface area contributed by atoms with Crippen LogP contribution in [0.1, 0.15) is 38.2 Å². The van der Waals surface area contributed by atoms with Gasteiger partial charge in [0.15, 0.2) is 0 Å². The number of halogens is 1. The van der Waals surface area contributed by atoms with Gasteiger partial charge in [-0.3, -0.25) is 4.90 Å². The first-order valence-corrected chi connectivity index (χ1v) is 8.48. The summed E-state index contributed by atoms with van der Waals surface area (Å²) >= 11 is 3.49. The van der Waals surface area contributed by atoms with Gasteiger partial charge in [0.1, 0.15) is 0 Å². The van der Waals surface area contributed by atoms with E-state index < -0.39 is 0 Å². The largest absolute Gasteiger partial charge is 0.329 e. The zero-order valence-electron chi connectivity index (χ0n) is 12.7. The predicted octanol–water partition coefficient (Wildman–Crippen LogP) is 3.83. The van der Waals surface area contributed by atoms with Crippen molar-refractivity contribution < 1.29 is 0 Å². The number of hydrogen-bond donors (Lipinski definition) is 1. The molecule has 0 aliphatic heterocycles. The van der Waals surface area contributed by atoms with Crippen molar-refractivity contribution in [2.24, 2.45) is 11.7 Å². The van der Waals surface area contributed by atoms with Crippen molar-refractivity contribution >= 4 is 15.9 Å². The third-order valence-corrected chi connectivity index (χ3v) is 5.39. The molecule has 20 heavy (non-hydrogen) atoms. The molecule has 112 valence electrons. The van der Waals surface area contributed by atoms with Crippen molar-refractivity contribution in [3.05, 3.63) is 34.3 Å². The van der Waals surface area contributed by atoms with Gasteiger partial charge in [0.25, 0.3) is 0 Å². The van der Waals surface area contributed by atoms with Crippen LogP contribution < -0.4 is 5.73 Å². The van der Waals surface area contributed by atoms with E-state index >= 15 is 0 Å². The lowest BCUT2D eigenvalue weighted by atomic mass is 9.90. The van der Waals surface area contributed by atoms with Crippen LogP contribution in [0, 0.1) is 5.92 Å². The Hall–Kier alpha value is -0.380. The Morgan fingerprint density at radius 3 is 2.40 bits per heavy atom. The Morgan fingerprint density at radius 1 is 1.25 bits per heavy atom. The van der Waals surface area contributed by atoms with Gasteiger partial charge >= 0.3 is 0 Å². The molecule has 0 bridgehead atoms. The minimum absolute atomic E-state index is 0.0520. The van der Waals surface area contributed by atoms with E-state index in [0.29, 0.717) is 6.54 Å². The predicted molar refractivity (Wildman–Crippen MR) is 89.9 cm³/mol. The van der Waals surface area contributed by atoms with E-state index in [4.69, 9.17) is 5.73 Å². The second kappa shape index (κ2) is 7.06. The van der Waals surface area contributed by atoms with E-state index in [2.05, 4.69) is 59.1 Å². The van der Waals surface area contributed by atoms with Gasteiger partial charge in [-0.1, -0.05) is 40.9 Å². The summed E-state index contributed by atoms with van der Waals surface area (Å²) in [5, 5.41) is 0. The van der Waals surface area contributed by atoms with Gasteiger partial charge in [0.05, 0.1) is 0 Å². The highest BCUT2D eigenvalue weighted by Crippen LogP contribution is 2.28. The second-order valence-electron chi connectivity index (χ2n) is 6.54. The third-order valence-electron chi connectivity index (χ3n) is 4.87. The molecule has 1 atom stereocenters. The van der Waals surface area contributed by atoms with Crippen LogP contribution in [0.4, 0.5) is 0 Å². The van der Waals surface area contributed by atoms with E-state index in [9.17, 15) is 0 Å². The van der Waals surface area contributed by atoms with Gasteiger partial charge in [-0.15, -0.1) is 0 Å². The van der Waals surface area contributed by atoms with Crippen LogP contribution in [0.3, 0.4) is 0 Å². The summed E-state index contributed by atoms with van der Waals surface area (Å²) in [5.74, 6) is 0.871. The number of likely N-dealkylation sites (N-methyl/N-ethyl adjacent to an activating group) is 1. The Morgan fingerprint density at radius 2 is 1.85 bits per heavy atom. The smallest absolute Gasteiger partial charge is 0.0340 e. The molecule has 1 fully saturated rings. The fourth-order valence-electron chi connectivity index (χ4n) is 3.21. The highest BCUT2D eigenvalue weighted by Gasteiger charge is 2.30. The Bertz CT molecular complexity index is 412. The van der Waals surface area contributed by atoms with Gasteiger partial charge in [-0.05, 0) is 56.8 Å². The van der Waals surface area contributed by atoms with Crippen molar-refractivity contribution in [3.8, 4) is 0 Å². The van der Waals surface area contributed by atoms with Crippen LogP contribution in [0.15, 0.2) is 28.7 Å². The van der Waals surface area contributed by atoms with Gasteiger partial charge in [-0.2, -0.15) is 0 Å². The minimum Gasteiger partial charge on any atom is -0.329 e. The van der Waals surface area contributed by atoms with Gasteiger partial charge in [-0.25, -0.2) is 0 Å². The van der Waals surface area contributed by atoms with Crippen molar-refractivity contribution in [3.63, 3.8) is 0 Å². The molecule has 2 nitrogen and oxygen atoms in total. The maximum Gasteiger partial charge on any atom is 0.0340 e. The number of nitrogens with two attached hydrogens (primary N) is 1. The van der Waals surface area contributed by atoms with E-state index in [1.54, 1.807) is 0 Å². The van der Waals surface area contributed by atoms with E-state index in [-0.39, 0.29) is 5.54 Å². The lowest BCUT2D eigenvalue weighted by Gasteiger charge is -2.39. The quantitative estimate of drug-likeness (QED) is 0.853. The van der Waals surface area contributed by atoms with Crippen LogP contribution >= 0.6 is 15.9 Å². The lowest BCUT2D eigenvalue weighted by molar-refractivity contribution is 0.122. The van der Waals surface area contributed by atoms with Crippen LogP contribution in [0.25, 0.3) is 0 Å². The number of nitrogens with zero attached hydrogens (tertiary/aromatic N) is 1. The first kappa shape index (κ1) is 16.0. The van der Waals surface area contributed by atoms with Gasteiger partial charge in [0.2, 0.25) is 0 Å². The minimum atomic E-state index is 0.0520. The molecule has 1 aliphatic rings. The monoisotopic (exact) mass is 338 g/mol. The molecule has 1 aliphatic carbocycles. The second-order valence-corrected chi connectivity index (χ2v) is 7.45. The molecular formula is C17H27BrN2. The molecule has 3 heteroatoms. The maximum atomic E-state index is 6.11. The number of rotatable bonds is 6. The summed E-state index contributed by atoms with van der Waals surface area (Å²) in [5.41, 5.74) is 7.52. The normalized spacial score (nSPS) is 19.4. The molecule has 0 radical (unpaired) electrons. The summed E-state index contributed by atoms with van der Waals surface area (Å²) in [6.07, 6.45) is 6.61. The van der Waals surface area contributed by atoms with Crippen LogP contribution in [-0.2, 0) is 6.42 Å². The first-order valence-electron chi connectivity index (χ1n) is 7.69. The molecule has 1 unspecified atom stereocenters. The molecule has 1 aromatic carbocycles. The highest BCUT2D eigenvalue weighted by molar-refractivity contribution is 9.10. The zero-order valence-corrected chi connectivity index (χ0v) is 14.3. The van der Waals surface area contributed by atoms with Crippen LogP contribution in [0.2, 0.25) is 0 Å². The van der Waals surface area contributed by atoms with Gasteiger partial charge < -0.3 is 5.73 Å². The number of hydrogen-bond acceptors (Lipinski definition) is 2. The summed E-state index contributed by atoms with van der Waals surface area (Å²) < 4.78 is 1.13. The zero-order chi connectivity index (χ0) is 14.6. The van der Waals surface area contributed by atoms with Gasteiger partial charge in [0, 0.05) is 23.1 Å². The Labute approximate surface area is 131 Å². The third kappa shape index (κ3) is 4.06. The Kier molecular flexibility index (Phi) is 5.65. The molecule has 0 aromatic heterocycles. The SMILES string of the molecule is CN(CC1CCCC1)C(C)(CN)Cc1ccc(Br)cc1. The van der Waals surface area contributed by atoms with Crippen LogP contribution in [-0.4, -0.2) is 30.6 Å². The Balaban J connectivity index is 2.00. The molecular weight excluding hydrogens is 312 g/mol. The standard InChI is InChI=1S/C17H27BrN2/c1-17(13-19,11-14-7-9-16(18)10-8-14)20(2)12-15-5-3-4-6-15/h7-10,15H,3-6,11-13,19H2,1-2H3. The first-order chi connectivity index (χ1) is 9.53. The average Bonchev–Trinajstić information content (AvgIpc) is 2.94.